The maximum Gasteiger partial charge on any atom is 0.229 e. The van der Waals surface area contributed by atoms with Crippen molar-refractivity contribution >= 4 is 28.8 Å². The van der Waals surface area contributed by atoms with Crippen molar-refractivity contribution < 1.29 is 15.0 Å². The molecule has 0 radical (unpaired) electrons. The summed E-state index contributed by atoms with van der Waals surface area (Å²) in [5, 5.41) is 28.7. The van der Waals surface area contributed by atoms with E-state index in [0.29, 0.717) is 42.4 Å². The molecule has 1 amide bonds. The molecule has 2 aromatic heterocycles. The fourth-order valence-corrected chi connectivity index (χ4v) is 6.78. The largest absolute Gasteiger partial charge is 0.388 e. The van der Waals surface area contributed by atoms with Gasteiger partial charge in [0, 0.05) is 37.5 Å². The summed E-state index contributed by atoms with van der Waals surface area (Å²) >= 11 is 0. The number of carbonyl (C=O) groups is 1. The van der Waals surface area contributed by atoms with Crippen molar-refractivity contribution in [1.82, 2.24) is 24.8 Å². The molecule has 44 heavy (non-hydrogen) atoms. The smallest absolute Gasteiger partial charge is 0.229 e. The van der Waals surface area contributed by atoms with Crippen molar-refractivity contribution in [3.05, 3.63) is 78.1 Å². The number of nitrogens with one attached hydrogen (secondary N) is 2. The number of fused-ring (bicyclic) bond motifs is 1. The van der Waals surface area contributed by atoms with Crippen molar-refractivity contribution in [2.75, 3.05) is 29.9 Å². The lowest BCUT2D eigenvalue weighted by molar-refractivity contribution is -0.129. The second-order valence-electron chi connectivity index (χ2n) is 12.5. The first kappa shape index (κ1) is 28.7. The summed E-state index contributed by atoms with van der Waals surface area (Å²) in [5.41, 5.74) is 9.77. The fourth-order valence-electron chi connectivity index (χ4n) is 6.78. The Bertz CT molecular complexity index is 1560. The Labute approximate surface area is 256 Å². The highest BCUT2D eigenvalue weighted by atomic mass is 16.3. The molecule has 230 valence electrons. The zero-order chi connectivity index (χ0) is 30.2. The number of nitrogens with zero attached hydrogens (tertiary/aromatic N) is 5. The minimum atomic E-state index is -1.09. The molecule has 2 saturated carbocycles. The van der Waals surface area contributed by atoms with Crippen LogP contribution in [0.1, 0.15) is 55.2 Å². The second-order valence-corrected chi connectivity index (χ2v) is 12.5. The van der Waals surface area contributed by atoms with Gasteiger partial charge in [-0.25, -0.2) is 4.98 Å². The van der Waals surface area contributed by atoms with Gasteiger partial charge >= 0.3 is 0 Å². The molecular formula is C33H40N8O3. The first-order valence-corrected chi connectivity index (χ1v) is 15.7. The standard InChI is InChI=1S/C33H40N8O3/c34-23-14-15-40(18-23)33-38-30(35-17-24(20-8-3-1-4-9-20)21-10-5-2-6-11-21)27-31(39-33)41(19-36-27)26-16-25(28(42)29(26)43)37-32(44)22-12-7-13-22/h1-6,8-11,19,22-26,28-29,42-43H,7,12-18,34H2,(H,37,44)(H,35,38,39)/t23-,25+,26-,28-,29+/m1/s1. The molecule has 3 aliphatic rings. The van der Waals surface area contributed by atoms with Gasteiger partial charge in [0.15, 0.2) is 17.0 Å². The Hall–Kier alpha value is -4.06. The van der Waals surface area contributed by atoms with E-state index in [4.69, 9.17) is 20.7 Å². The van der Waals surface area contributed by atoms with Gasteiger partial charge < -0.3 is 36.0 Å². The summed E-state index contributed by atoms with van der Waals surface area (Å²) < 4.78 is 1.83. The van der Waals surface area contributed by atoms with Crippen molar-refractivity contribution in [3.8, 4) is 0 Å². The number of aromatic nitrogens is 4. The highest BCUT2D eigenvalue weighted by molar-refractivity contribution is 5.85. The summed E-state index contributed by atoms with van der Waals surface area (Å²) in [7, 11) is 0. The quantitative estimate of drug-likeness (QED) is 0.196. The molecule has 1 saturated heterocycles. The molecule has 1 aliphatic heterocycles. The van der Waals surface area contributed by atoms with Gasteiger partial charge in [0.2, 0.25) is 11.9 Å². The predicted octanol–water partition coefficient (Wildman–Crippen LogP) is 2.56. The van der Waals surface area contributed by atoms with E-state index in [0.717, 1.165) is 32.2 Å². The SMILES string of the molecule is N[C@@H]1CCN(c2nc(NCC(c3ccccc3)c3ccccc3)c3ncn([C@@H]4C[C@H](NC(=O)C5CCC5)[C@@H](O)[C@H]4O)c3n2)C1. The zero-order valence-electron chi connectivity index (χ0n) is 24.7. The summed E-state index contributed by atoms with van der Waals surface area (Å²) in [4.78, 5) is 29.3. The minimum absolute atomic E-state index is 0.00108. The summed E-state index contributed by atoms with van der Waals surface area (Å²) in [6.45, 7) is 1.97. The van der Waals surface area contributed by atoms with Crippen molar-refractivity contribution in [3.63, 3.8) is 0 Å². The lowest BCUT2D eigenvalue weighted by atomic mass is 9.84. The number of imidazole rings is 1. The third kappa shape index (κ3) is 5.51. The van der Waals surface area contributed by atoms with Gasteiger partial charge in [-0.05, 0) is 36.8 Å². The Kier molecular flexibility index (Phi) is 7.92. The van der Waals surface area contributed by atoms with Crippen LogP contribution in [0.15, 0.2) is 67.0 Å². The maximum absolute atomic E-state index is 12.7. The van der Waals surface area contributed by atoms with Gasteiger partial charge in [0.25, 0.3) is 0 Å². The van der Waals surface area contributed by atoms with Crippen LogP contribution in [-0.2, 0) is 4.79 Å². The Morgan fingerprint density at radius 3 is 2.30 bits per heavy atom. The van der Waals surface area contributed by atoms with E-state index in [-0.39, 0.29) is 23.8 Å². The third-order valence-electron chi connectivity index (χ3n) is 9.61. The molecule has 2 aliphatic carbocycles. The van der Waals surface area contributed by atoms with Crippen LogP contribution in [0.3, 0.4) is 0 Å². The molecule has 2 aromatic carbocycles. The normalized spacial score (nSPS) is 25.5. The highest BCUT2D eigenvalue weighted by Gasteiger charge is 2.44. The number of hydrogen-bond donors (Lipinski definition) is 5. The number of aliphatic hydroxyl groups excluding tert-OH is 2. The number of amides is 1. The summed E-state index contributed by atoms with van der Waals surface area (Å²) in [6.07, 6.45) is 3.50. The van der Waals surface area contributed by atoms with Crippen molar-refractivity contribution in [2.45, 2.75) is 68.4 Å². The van der Waals surface area contributed by atoms with Crippen LogP contribution in [0.25, 0.3) is 11.2 Å². The summed E-state index contributed by atoms with van der Waals surface area (Å²) in [6, 6.07) is 19.7. The van der Waals surface area contributed by atoms with E-state index in [2.05, 4.69) is 39.8 Å². The van der Waals surface area contributed by atoms with Crippen LogP contribution in [0.2, 0.25) is 0 Å². The Morgan fingerprint density at radius 2 is 1.68 bits per heavy atom. The fraction of sp³-hybridized carbons (Fsp3) is 0.455. The van der Waals surface area contributed by atoms with Gasteiger partial charge in [0.05, 0.1) is 18.4 Å². The monoisotopic (exact) mass is 596 g/mol. The molecule has 4 aromatic rings. The number of aliphatic hydroxyl groups is 2. The van der Waals surface area contributed by atoms with Crippen LogP contribution >= 0.6 is 0 Å². The average Bonchev–Trinajstić information content (AvgIpc) is 3.71. The van der Waals surface area contributed by atoms with Gasteiger partial charge in [-0.15, -0.1) is 0 Å². The Balaban J connectivity index is 1.21. The molecule has 11 nitrogen and oxygen atoms in total. The van der Waals surface area contributed by atoms with Gasteiger partial charge in [0.1, 0.15) is 12.2 Å². The number of nitrogens with two attached hydrogens (primary N) is 1. The van der Waals surface area contributed by atoms with E-state index in [9.17, 15) is 15.0 Å². The molecule has 6 N–H and O–H groups in total. The van der Waals surface area contributed by atoms with E-state index in [1.807, 2.05) is 41.0 Å². The lowest BCUT2D eigenvalue weighted by Gasteiger charge is -2.27. The molecule has 0 spiro atoms. The summed E-state index contributed by atoms with van der Waals surface area (Å²) in [5.74, 6) is 1.17. The minimum Gasteiger partial charge on any atom is -0.388 e. The van der Waals surface area contributed by atoms with Crippen LogP contribution in [0.4, 0.5) is 11.8 Å². The van der Waals surface area contributed by atoms with Crippen LogP contribution < -0.4 is 21.3 Å². The molecule has 5 atom stereocenters. The van der Waals surface area contributed by atoms with Crippen LogP contribution in [0, 0.1) is 5.92 Å². The van der Waals surface area contributed by atoms with E-state index >= 15 is 0 Å². The molecular weight excluding hydrogens is 556 g/mol. The van der Waals surface area contributed by atoms with Crippen LogP contribution in [0.5, 0.6) is 0 Å². The van der Waals surface area contributed by atoms with Gasteiger partial charge in [-0.2, -0.15) is 9.97 Å². The third-order valence-corrected chi connectivity index (χ3v) is 9.61. The predicted molar refractivity (Wildman–Crippen MR) is 168 cm³/mol. The van der Waals surface area contributed by atoms with E-state index in [1.54, 1.807) is 6.33 Å². The molecule has 7 rings (SSSR count). The first-order chi connectivity index (χ1) is 21.5. The molecule has 11 heteroatoms. The number of rotatable bonds is 9. The average molecular weight is 597 g/mol. The Morgan fingerprint density at radius 1 is 0.977 bits per heavy atom. The number of anilines is 2. The lowest BCUT2D eigenvalue weighted by Crippen LogP contribution is -2.46. The highest BCUT2D eigenvalue weighted by Crippen LogP contribution is 2.36. The number of hydrogen-bond acceptors (Lipinski definition) is 9. The van der Waals surface area contributed by atoms with Gasteiger partial charge in [-0.3, -0.25) is 4.79 Å². The second kappa shape index (κ2) is 12.1. The van der Waals surface area contributed by atoms with Crippen LogP contribution in [-0.4, -0.2) is 79.6 Å². The topological polar surface area (TPSA) is 154 Å². The maximum atomic E-state index is 12.7. The molecule has 3 fully saturated rings. The zero-order valence-corrected chi connectivity index (χ0v) is 24.7. The van der Waals surface area contributed by atoms with Gasteiger partial charge in [-0.1, -0.05) is 67.1 Å². The first-order valence-electron chi connectivity index (χ1n) is 15.7. The van der Waals surface area contributed by atoms with E-state index in [1.165, 1.54) is 11.1 Å². The van der Waals surface area contributed by atoms with E-state index < -0.39 is 24.3 Å². The number of carbonyl (C=O) groups excluding carboxylic acids is 1. The molecule has 0 bridgehead atoms. The number of benzene rings is 2. The molecule has 3 heterocycles. The van der Waals surface area contributed by atoms with Crippen molar-refractivity contribution in [2.24, 2.45) is 11.7 Å². The van der Waals surface area contributed by atoms with Crippen molar-refractivity contribution in [1.29, 1.82) is 0 Å². The molecule has 0 unspecified atom stereocenters.